The molecule has 0 aromatic heterocycles. The van der Waals surface area contributed by atoms with Crippen molar-refractivity contribution in [2.75, 3.05) is 6.54 Å². The lowest BCUT2D eigenvalue weighted by Crippen LogP contribution is -2.34. The van der Waals surface area contributed by atoms with Gasteiger partial charge in [-0.25, -0.2) is 0 Å². The van der Waals surface area contributed by atoms with E-state index < -0.39 is 5.97 Å². The first-order valence-corrected chi connectivity index (χ1v) is 5.69. The van der Waals surface area contributed by atoms with Gasteiger partial charge < -0.3 is 10.4 Å². The molecular formula is C11H19NO3. The number of unbranched alkanes of at least 4 members (excludes halogenated alkanes) is 2. The van der Waals surface area contributed by atoms with Crippen molar-refractivity contribution >= 4 is 11.9 Å². The third kappa shape index (κ3) is 4.81. The van der Waals surface area contributed by atoms with Crippen LogP contribution in [0.4, 0.5) is 0 Å². The van der Waals surface area contributed by atoms with Gasteiger partial charge in [-0.05, 0) is 25.7 Å². The molecule has 1 amide bonds. The smallest absolute Gasteiger partial charge is 0.303 e. The van der Waals surface area contributed by atoms with Gasteiger partial charge in [0.1, 0.15) is 0 Å². The summed E-state index contributed by atoms with van der Waals surface area (Å²) in [5.41, 5.74) is 0. The molecule has 1 fully saturated rings. The number of nitrogens with one attached hydrogen (secondary N) is 1. The molecule has 1 rings (SSSR count). The molecule has 86 valence electrons. The van der Waals surface area contributed by atoms with E-state index in [0.717, 1.165) is 25.7 Å². The monoisotopic (exact) mass is 213 g/mol. The predicted molar refractivity (Wildman–Crippen MR) is 56.5 cm³/mol. The van der Waals surface area contributed by atoms with E-state index in [9.17, 15) is 9.59 Å². The first kappa shape index (κ1) is 12.0. The van der Waals surface area contributed by atoms with Crippen molar-refractivity contribution in [2.24, 2.45) is 5.92 Å². The largest absolute Gasteiger partial charge is 0.481 e. The van der Waals surface area contributed by atoms with E-state index in [1.54, 1.807) is 0 Å². The first-order valence-electron chi connectivity index (χ1n) is 5.69. The third-order valence-corrected chi connectivity index (χ3v) is 2.84. The standard InChI is InChI=1S/C11H19NO3/c13-10(14)7-2-1-3-8-12-11(15)9-5-4-6-9/h9H,1-8H2,(H,12,15)(H,13,14). The molecule has 0 unspecified atom stereocenters. The molecule has 4 nitrogen and oxygen atoms in total. The summed E-state index contributed by atoms with van der Waals surface area (Å²) in [5.74, 6) is -0.308. The van der Waals surface area contributed by atoms with E-state index in [2.05, 4.69) is 5.32 Å². The molecule has 0 bridgehead atoms. The Morgan fingerprint density at radius 3 is 2.47 bits per heavy atom. The van der Waals surface area contributed by atoms with Gasteiger partial charge in [0.25, 0.3) is 0 Å². The number of rotatable bonds is 7. The molecule has 0 aromatic rings. The zero-order chi connectivity index (χ0) is 11.1. The molecule has 0 spiro atoms. The number of amides is 1. The van der Waals surface area contributed by atoms with E-state index in [1.165, 1.54) is 6.42 Å². The van der Waals surface area contributed by atoms with Gasteiger partial charge in [-0.2, -0.15) is 0 Å². The van der Waals surface area contributed by atoms with Crippen LogP contribution in [0.15, 0.2) is 0 Å². The summed E-state index contributed by atoms with van der Waals surface area (Å²) in [4.78, 5) is 21.6. The summed E-state index contributed by atoms with van der Waals surface area (Å²) < 4.78 is 0. The van der Waals surface area contributed by atoms with Gasteiger partial charge in [0, 0.05) is 18.9 Å². The highest BCUT2D eigenvalue weighted by Crippen LogP contribution is 2.26. The fraction of sp³-hybridized carbons (Fsp3) is 0.818. The fourth-order valence-electron chi connectivity index (χ4n) is 1.60. The van der Waals surface area contributed by atoms with Crippen LogP contribution in [0.5, 0.6) is 0 Å². The number of carboxylic acids is 1. The minimum atomic E-state index is -0.742. The normalized spacial score (nSPS) is 15.7. The van der Waals surface area contributed by atoms with Crippen LogP contribution in [0, 0.1) is 5.92 Å². The van der Waals surface area contributed by atoms with Crippen molar-refractivity contribution in [1.29, 1.82) is 0 Å². The predicted octanol–water partition coefficient (Wildman–Crippen LogP) is 1.55. The van der Waals surface area contributed by atoms with Crippen LogP contribution in [0.2, 0.25) is 0 Å². The second-order valence-electron chi connectivity index (χ2n) is 4.12. The molecule has 1 aliphatic rings. The van der Waals surface area contributed by atoms with Crippen molar-refractivity contribution in [3.8, 4) is 0 Å². The number of hydrogen-bond acceptors (Lipinski definition) is 2. The molecule has 4 heteroatoms. The Kier molecular flexibility index (Phi) is 5.15. The molecule has 0 radical (unpaired) electrons. The highest BCUT2D eigenvalue weighted by molar-refractivity contribution is 5.79. The van der Waals surface area contributed by atoms with E-state index in [-0.39, 0.29) is 18.2 Å². The Morgan fingerprint density at radius 1 is 1.20 bits per heavy atom. The highest BCUT2D eigenvalue weighted by atomic mass is 16.4. The molecule has 0 saturated heterocycles. The lowest BCUT2D eigenvalue weighted by molar-refractivity contribution is -0.137. The average molecular weight is 213 g/mol. The van der Waals surface area contributed by atoms with E-state index >= 15 is 0 Å². The van der Waals surface area contributed by atoms with E-state index in [0.29, 0.717) is 13.0 Å². The number of carboxylic acid groups (broad SMARTS) is 1. The quantitative estimate of drug-likeness (QED) is 0.630. The molecule has 0 aromatic carbocycles. The molecule has 0 heterocycles. The van der Waals surface area contributed by atoms with Gasteiger partial charge >= 0.3 is 5.97 Å². The van der Waals surface area contributed by atoms with Crippen LogP contribution in [-0.2, 0) is 9.59 Å². The van der Waals surface area contributed by atoms with Gasteiger partial charge in [-0.3, -0.25) is 9.59 Å². The minimum absolute atomic E-state index is 0.180. The second-order valence-corrected chi connectivity index (χ2v) is 4.12. The molecule has 15 heavy (non-hydrogen) atoms. The summed E-state index contributed by atoms with van der Waals surface area (Å²) in [7, 11) is 0. The summed E-state index contributed by atoms with van der Waals surface area (Å²) in [6.07, 6.45) is 5.93. The molecule has 0 atom stereocenters. The van der Waals surface area contributed by atoms with Gasteiger partial charge in [0.2, 0.25) is 5.91 Å². The second kappa shape index (κ2) is 6.43. The molecule has 1 saturated carbocycles. The zero-order valence-corrected chi connectivity index (χ0v) is 9.00. The van der Waals surface area contributed by atoms with Gasteiger partial charge in [-0.1, -0.05) is 12.8 Å². The van der Waals surface area contributed by atoms with Crippen molar-refractivity contribution in [1.82, 2.24) is 5.32 Å². The number of aliphatic carboxylic acids is 1. The van der Waals surface area contributed by atoms with Crippen molar-refractivity contribution < 1.29 is 14.7 Å². The van der Waals surface area contributed by atoms with Gasteiger partial charge in [0.15, 0.2) is 0 Å². The topological polar surface area (TPSA) is 66.4 Å². The van der Waals surface area contributed by atoms with Gasteiger partial charge in [0.05, 0.1) is 0 Å². The van der Waals surface area contributed by atoms with Crippen LogP contribution in [0.25, 0.3) is 0 Å². The maximum Gasteiger partial charge on any atom is 0.303 e. The highest BCUT2D eigenvalue weighted by Gasteiger charge is 2.24. The molecular weight excluding hydrogens is 194 g/mol. The van der Waals surface area contributed by atoms with Crippen LogP contribution in [-0.4, -0.2) is 23.5 Å². The number of carbonyl (C=O) groups excluding carboxylic acids is 1. The zero-order valence-electron chi connectivity index (χ0n) is 9.00. The summed E-state index contributed by atoms with van der Waals surface area (Å²) >= 11 is 0. The average Bonchev–Trinajstić information content (AvgIpc) is 2.07. The lowest BCUT2D eigenvalue weighted by Gasteiger charge is -2.23. The number of carbonyl (C=O) groups is 2. The van der Waals surface area contributed by atoms with Crippen LogP contribution >= 0.6 is 0 Å². The number of hydrogen-bond donors (Lipinski definition) is 2. The SMILES string of the molecule is O=C(O)CCCCCNC(=O)C1CCC1. The van der Waals surface area contributed by atoms with E-state index in [1.807, 2.05) is 0 Å². The maximum absolute atomic E-state index is 11.4. The van der Waals surface area contributed by atoms with Crippen LogP contribution in [0.3, 0.4) is 0 Å². The Hall–Kier alpha value is -1.06. The lowest BCUT2D eigenvalue weighted by atomic mass is 9.85. The summed E-state index contributed by atoms with van der Waals surface area (Å²) in [5, 5.41) is 11.3. The van der Waals surface area contributed by atoms with Crippen molar-refractivity contribution in [3.05, 3.63) is 0 Å². The summed E-state index contributed by atoms with van der Waals surface area (Å²) in [6, 6.07) is 0. The Bertz CT molecular complexity index is 224. The van der Waals surface area contributed by atoms with Crippen molar-refractivity contribution in [2.45, 2.75) is 44.9 Å². The van der Waals surface area contributed by atoms with Crippen LogP contribution < -0.4 is 5.32 Å². The summed E-state index contributed by atoms with van der Waals surface area (Å²) in [6.45, 7) is 0.689. The Balaban J connectivity index is 1.88. The molecule has 1 aliphatic carbocycles. The fourth-order valence-corrected chi connectivity index (χ4v) is 1.60. The molecule has 0 aliphatic heterocycles. The van der Waals surface area contributed by atoms with Gasteiger partial charge in [-0.15, -0.1) is 0 Å². The first-order chi connectivity index (χ1) is 7.20. The molecule has 2 N–H and O–H groups in total. The Labute approximate surface area is 90.0 Å². The third-order valence-electron chi connectivity index (χ3n) is 2.84. The minimum Gasteiger partial charge on any atom is -0.481 e. The van der Waals surface area contributed by atoms with E-state index in [4.69, 9.17) is 5.11 Å². The Morgan fingerprint density at radius 2 is 1.93 bits per heavy atom. The van der Waals surface area contributed by atoms with Crippen LogP contribution in [0.1, 0.15) is 44.9 Å². The van der Waals surface area contributed by atoms with Crippen molar-refractivity contribution in [3.63, 3.8) is 0 Å². The maximum atomic E-state index is 11.4.